The Morgan fingerprint density at radius 3 is 3.10 bits per heavy atom. The van der Waals surface area contributed by atoms with Crippen molar-refractivity contribution in [3.8, 4) is 5.69 Å². The largest absolute Gasteiger partial charge is 0.296 e. The van der Waals surface area contributed by atoms with E-state index in [1.807, 2.05) is 37.4 Å². The lowest BCUT2D eigenvalue weighted by atomic mass is 9.88. The van der Waals surface area contributed by atoms with Gasteiger partial charge < -0.3 is 0 Å². The summed E-state index contributed by atoms with van der Waals surface area (Å²) in [7, 11) is 0. The fourth-order valence-electron chi connectivity index (χ4n) is 4.37. The van der Waals surface area contributed by atoms with E-state index in [4.69, 9.17) is 0 Å². The number of nitrogens with one attached hydrogen (secondary N) is 1. The number of hydrogen-bond acceptors (Lipinski definition) is 6. The summed E-state index contributed by atoms with van der Waals surface area (Å²) in [6, 6.07) is 7.86. The molecule has 0 saturated carbocycles. The zero-order valence-corrected chi connectivity index (χ0v) is 18.4. The number of benzene rings is 1. The summed E-state index contributed by atoms with van der Waals surface area (Å²) in [5.41, 5.74) is 3.00. The number of aromatic nitrogens is 5. The first-order valence-corrected chi connectivity index (χ1v) is 11.5. The van der Waals surface area contributed by atoms with Gasteiger partial charge in [0, 0.05) is 28.0 Å². The van der Waals surface area contributed by atoms with Crippen molar-refractivity contribution in [3.05, 3.63) is 58.6 Å². The van der Waals surface area contributed by atoms with Crippen molar-refractivity contribution in [3.63, 3.8) is 0 Å². The molecule has 1 amide bonds. The van der Waals surface area contributed by atoms with Crippen LogP contribution in [-0.2, 0) is 12.8 Å². The van der Waals surface area contributed by atoms with Crippen molar-refractivity contribution in [1.82, 2.24) is 25.0 Å². The molecule has 8 heteroatoms. The van der Waals surface area contributed by atoms with Crippen LogP contribution >= 0.6 is 11.3 Å². The Labute approximate surface area is 184 Å². The van der Waals surface area contributed by atoms with E-state index in [-0.39, 0.29) is 5.91 Å². The van der Waals surface area contributed by atoms with E-state index in [1.54, 1.807) is 22.2 Å². The van der Waals surface area contributed by atoms with Gasteiger partial charge in [-0.1, -0.05) is 37.1 Å². The smallest absolute Gasteiger partial charge is 0.279 e. The Balaban J connectivity index is 1.39. The lowest BCUT2D eigenvalue weighted by Gasteiger charge is -2.19. The van der Waals surface area contributed by atoms with E-state index < -0.39 is 0 Å². The molecule has 0 radical (unpaired) electrons. The highest BCUT2D eigenvalue weighted by molar-refractivity contribution is 7.15. The van der Waals surface area contributed by atoms with Gasteiger partial charge in [-0.3, -0.25) is 15.1 Å². The Kier molecular flexibility index (Phi) is 5.23. The molecule has 7 nitrogen and oxygen atoms in total. The van der Waals surface area contributed by atoms with Gasteiger partial charge in [0.1, 0.15) is 0 Å². The summed E-state index contributed by atoms with van der Waals surface area (Å²) in [4.78, 5) is 23.1. The van der Waals surface area contributed by atoms with Crippen LogP contribution < -0.4 is 5.32 Å². The third-order valence-corrected chi connectivity index (χ3v) is 6.99. The minimum Gasteiger partial charge on any atom is -0.296 e. The van der Waals surface area contributed by atoms with Crippen molar-refractivity contribution >= 4 is 33.1 Å². The van der Waals surface area contributed by atoms with Crippen LogP contribution in [0.3, 0.4) is 0 Å². The van der Waals surface area contributed by atoms with Gasteiger partial charge in [-0.25, -0.2) is 9.67 Å². The average Bonchev–Trinajstić information content (AvgIpc) is 3.36. The molecule has 5 rings (SSSR count). The van der Waals surface area contributed by atoms with E-state index in [0.29, 0.717) is 16.5 Å². The number of rotatable bonds is 5. The average molecular weight is 433 g/mol. The Bertz CT molecular complexity index is 1250. The fraction of sp³-hybridized carbons (Fsp3) is 0.348. The molecular formula is C23H24N6OS. The molecule has 0 fully saturated rings. The Morgan fingerprint density at radius 1 is 1.32 bits per heavy atom. The molecule has 3 aromatic heterocycles. The number of carbonyl (C=O) groups is 1. The molecule has 1 aliphatic carbocycles. The molecule has 1 aliphatic rings. The van der Waals surface area contributed by atoms with Gasteiger partial charge in [0.05, 0.1) is 17.1 Å². The third kappa shape index (κ3) is 3.72. The maximum absolute atomic E-state index is 13.0. The quantitative estimate of drug-likeness (QED) is 0.492. The van der Waals surface area contributed by atoms with Crippen LogP contribution in [0.2, 0.25) is 0 Å². The summed E-state index contributed by atoms with van der Waals surface area (Å²) < 4.78 is 1.71. The van der Waals surface area contributed by atoms with Gasteiger partial charge in [-0.15, -0.1) is 16.4 Å². The molecule has 1 N–H and O–H groups in total. The predicted octanol–water partition coefficient (Wildman–Crippen LogP) is 4.74. The normalized spacial score (nSPS) is 15.7. The van der Waals surface area contributed by atoms with Gasteiger partial charge in [0.15, 0.2) is 10.8 Å². The first kappa shape index (κ1) is 19.8. The highest BCUT2D eigenvalue weighted by Gasteiger charge is 2.24. The number of carbonyl (C=O) groups excluding carboxylic acids is 1. The highest BCUT2D eigenvalue weighted by Crippen LogP contribution is 2.34. The maximum atomic E-state index is 13.0. The molecular weight excluding hydrogens is 408 g/mol. The monoisotopic (exact) mass is 432 g/mol. The molecule has 4 aromatic rings. The standard InChI is InChI=1S/C23H24N6OS/c1-3-5-15-8-9-18-20(12-15)31-23(25-18)26-22(30)21-14(2)29(28-27-21)19-7-4-6-16-13-24-11-10-17(16)19/h4,6-7,10-11,13,15H,3,5,8-9,12H2,1-2H3,(H,25,26,30). The second-order valence-electron chi connectivity index (χ2n) is 8.05. The van der Waals surface area contributed by atoms with Crippen LogP contribution in [0, 0.1) is 12.8 Å². The van der Waals surface area contributed by atoms with Gasteiger partial charge in [0.25, 0.3) is 5.91 Å². The number of nitrogens with zero attached hydrogens (tertiary/aromatic N) is 5. The molecule has 31 heavy (non-hydrogen) atoms. The fourth-order valence-corrected chi connectivity index (χ4v) is 5.48. The van der Waals surface area contributed by atoms with Crippen LogP contribution in [0.4, 0.5) is 5.13 Å². The first-order valence-electron chi connectivity index (χ1n) is 10.7. The number of thiazole rings is 1. The van der Waals surface area contributed by atoms with Crippen molar-refractivity contribution < 1.29 is 4.79 Å². The second kappa shape index (κ2) is 8.19. The first-order chi connectivity index (χ1) is 15.1. The number of amides is 1. The molecule has 0 saturated heterocycles. The molecule has 1 atom stereocenters. The van der Waals surface area contributed by atoms with Crippen molar-refractivity contribution in [2.45, 2.75) is 46.0 Å². The van der Waals surface area contributed by atoms with Crippen molar-refractivity contribution in [2.24, 2.45) is 5.92 Å². The van der Waals surface area contributed by atoms with Crippen LogP contribution in [0.25, 0.3) is 16.5 Å². The van der Waals surface area contributed by atoms with E-state index >= 15 is 0 Å². The molecule has 1 aromatic carbocycles. The molecule has 3 heterocycles. The van der Waals surface area contributed by atoms with Crippen LogP contribution in [0.5, 0.6) is 0 Å². The third-order valence-electron chi connectivity index (χ3n) is 5.95. The topological polar surface area (TPSA) is 85.6 Å². The number of hydrogen-bond donors (Lipinski definition) is 1. The van der Waals surface area contributed by atoms with E-state index in [1.165, 1.54) is 24.1 Å². The van der Waals surface area contributed by atoms with E-state index in [2.05, 4.69) is 32.5 Å². The minimum atomic E-state index is -0.276. The van der Waals surface area contributed by atoms with Crippen molar-refractivity contribution in [1.29, 1.82) is 0 Å². The van der Waals surface area contributed by atoms with Gasteiger partial charge >= 0.3 is 0 Å². The Morgan fingerprint density at radius 2 is 2.23 bits per heavy atom. The van der Waals surface area contributed by atoms with Crippen LogP contribution in [-0.4, -0.2) is 30.9 Å². The second-order valence-corrected chi connectivity index (χ2v) is 9.13. The summed E-state index contributed by atoms with van der Waals surface area (Å²) in [6.45, 7) is 4.09. The maximum Gasteiger partial charge on any atom is 0.279 e. The Hall–Kier alpha value is -3.13. The summed E-state index contributed by atoms with van der Waals surface area (Å²) in [5.74, 6) is 0.460. The van der Waals surface area contributed by atoms with E-state index in [9.17, 15) is 4.79 Å². The van der Waals surface area contributed by atoms with Gasteiger partial charge in [-0.05, 0) is 44.2 Å². The zero-order valence-electron chi connectivity index (χ0n) is 17.6. The van der Waals surface area contributed by atoms with Gasteiger partial charge in [-0.2, -0.15) is 0 Å². The molecule has 0 spiro atoms. The predicted molar refractivity (Wildman–Crippen MR) is 122 cm³/mol. The van der Waals surface area contributed by atoms with Gasteiger partial charge in [0.2, 0.25) is 0 Å². The van der Waals surface area contributed by atoms with E-state index in [0.717, 1.165) is 40.9 Å². The van der Waals surface area contributed by atoms with Crippen molar-refractivity contribution in [2.75, 3.05) is 5.32 Å². The molecule has 0 aliphatic heterocycles. The van der Waals surface area contributed by atoms with Crippen LogP contribution in [0.15, 0.2) is 36.7 Å². The molecule has 158 valence electrons. The number of fused-ring (bicyclic) bond motifs is 2. The molecule has 1 unspecified atom stereocenters. The summed E-state index contributed by atoms with van der Waals surface area (Å²) in [5, 5.41) is 14.1. The minimum absolute atomic E-state index is 0.276. The lowest BCUT2D eigenvalue weighted by molar-refractivity contribution is 0.102. The number of anilines is 1. The zero-order chi connectivity index (χ0) is 21.4. The summed E-state index contributed by atoms with van der Waals surface area (Å²) in [6.07, 6.45) is 9.29. The molecule has 0 bridgehead atoms. The SMILES string of the molecule is CCCC1CCc2nc(NC(=O)c3nnn(-c4cccc5cnccc45)c3C)sc2C1. The van der Waals surface area contributed by atoms with Crippen LogP contribution in [0.1, 0.15) is 52.9 Å². The lowest BCUT2D eigenvalue weighted by Crippen LogP contribution is -2.14. The number of pyridine rings is 1. The summed E-state index contributed by atoms with van der Waals surface area (Å²) >= 11 is 1.59. The highest BCUT2D eigenvalue weighted by atomic mass is 32.1. The number of aryl methyl sites for hydroxylation is 1.